The van der Waals surface area contributed by atoms with E-state index in [9.17, 15) is 9.90 Å². The number of thioether (sulfide) groups is 1. The van der Waals surface area contributed by atoms with Gasteiger partial charge in [-0.2, -0.15) is 0 Å². The van der Waals surface area contributed by atoms with E-state index in [1.165, 1.54) is 0 Å². The molecule has 2 aromatic rings. The third-order valence-electron chi connectivity index (χ3n) is 2.92. The van der Waals surface area contributed by atoms with Gasteiger partial charge in [-0.25, -0.2) is 9.78 Å². The van der Waals surface area contributed by atoms with E-state index in [-0.39, 0.29) is 11.0 Å². The zero-order chi connectivity index (χ0) is 18.4. The molecule has 7 nitrogen and oxygen atoms in total. The van der Waals surface area contributed by atoms with Crippen LogP contribution in [-0.2, 0) is 4.79 Å². The first-order valence-corrected chi connectivity index (χ1v) is 8.66. The van der Waals surface area contributed by atoms with Crippen molar-refractivity contribution in [1.82, 2.24) is 15.2 Å². The average molecular weight is 363 g/mol. The number of aromatic amines is 1. The van der Waals surface area contributed by atoms with Gasteiger partial charge in [-0.1, -0.05) is 6.07 Å². The Morgan fingerprint density at radius 1 is 1.40 bits per heavy atom. The molecular formula is C17H21N3O4S. The van der Waals surface area contributed by atoms with E-state index in [1.54, 1.807) is 31.2 Å². The van der Waals surface area contributed by atoms with Crippen molar-refractivity contribution in [1.29, 1.82) is 0 Å². The van der Waals surface area contributed by atoms with Crippen molar-refractivity contribution in [2.24, 2.45) is 0 Å². The van der Waals surface area contributed by atoms with Crippen LogP contribution in [0.1, 0.15) is 32.2 Å². The smallest absolute Gasteiger partial charge is 0.342 e. The average Bonchev–Trinajstić information content (AvgIpc) is 2.94. The molecule has 0 unspecified atom stereocenters. The molecule has 0 aliphatic carbocycles. The van der Waals surface area contributed by atoms with Crippen molar-refractivity contribution >= 4 is 23.8 Å². The van der Waals surface area contributed by atoms with Gasteiger partial charge in [-0.05, 0) is 63.2 Å². The van der Waals surface area contributed by atoms with Crippen LogP contribution in [0.25, 0.3) is 6.08 Å². The number of nitrogens with zero attached hydrogens (tertiary/aromatic N) is 2. The van der Waals surface area contributed by atoms with Gasteiger partial charge in [0.1, 0.15) is 10.7 Å². The number of hydrogen-bond donors (Lipinski definition) is 2. The van der Waals surface area contributed by atoms with E-state index < -0.39 is 5.97 Å². The topological polar surface area (TPSA) is 97.3 Å². The van der Waals surface area contributed by atoms with Gasteiger partial charge < -0.3 is 14.6 Å². The second-order valence-electron chi connectivity index (χ2n) is 5.42. The van der Waals surface area contributed by atoms with E-state index in [0.29, 0.717) is 34.7 Å². The van der Waals surface area contributed by atoms with Gasteiger partial charge in [0.05, 0.1) is 12.7 Å². The molecular weight excluding hydrogens is 342 g/mol. The molecule has 0 spiro atoms. The molecule has 0 atom stereocenters. The largest absolute Gasteiger partial charge is 0.490 e. The number of nitrogens with one attached hydrogen (secondary N) is 1. The first-order chi connectivity index (χ1) is 11.9. The van der Waals surface area contributed by atoms with Gasteiger partial charge in [0, 0.05) is 0 Å². The van der Waals surface area contributed by atoms with Crippen LogP contribution in [0.4, 0.5) is 0 Å². The molecule has 0 aliphatic heterocycles. The fourth-order valence-electron chi connectivity index (χ4n) is 1.99. The van der Waals surface area contributed by atoms with Gasteiger partial charge in [-0.15, -0.1) is 5.10 Å². The van der Waals surface area contributed by atoms with Gasteiger partial charge in [-0.3, -0.25) is 5.10 Å². The highest BCUT2D eigenvalue weighted by Crippen LogP contribution is 2.32. The molecule has 2 N–H and O–H groups in total. The van der Waals surface area contributed by atoms with Crippen molar-refractivity contribution in [3.05, 3.63) is 34.5 Å². The predicted octanol–water partition coefficient (Wildman–Crippen LogP) is 3.52. The van der Waals surface area contributed by atoms with E-state index in [0.717, 1.165) is 11.8 Å². The zero-order valence-electron chi connectivity index (χ0n) is 14.6. The summed E-state index contributed by atoms with van der Waals surface area (Å²) in [5, 5.41) is 16.4. The molecule has 8 heteroatoms. The quantitative estimate of drug-likeness (QED) is 0.547. The van der Waals surface area contributed by atoms with Gasteiger partial charge in [0.2, 0.25) is 5.16 Å². The number of carbonyl (C=O) groups is 1. The highest BCUT2D eigenvalue weighted by Gasteiger charge is 2.14. The number of aromatic nitrogens is 3. The minimum absolute atomic E-state index is 0.0136. The van der Waals surface area contributed by atoms with E-state index in [4.69, 9.17) is 9.47 Å². The van der Waals surface area contributed by atoms with Crippen molar-refractivity contribution in [2.75, 3.05) is 6.61 Å². The number of rotatable bonds is 8. The minimum Gasteiger partial charge on any atom is -0.490 e. The normalized spacial score (nSPS) is 11.6. The molecule has 1 aromatic carbocycles. The lowest BCUT2D eigenvalue weighted by Gasteiger charge is -2.15. The summed E-state index contributed by atoms with van der Waals surface area (Å²) < 4.78 is 11.3. The summed E-state index contributed by atoms with van der Waals surface area (Å²) in [6.07, 6.45) is 1.57. The van der Waals surface area contributed by atoms with Gasteiger partial charge in [0.25, 0.3) is 0 Å². The Kier molecular flexibility index (Phi) is 6.46. The number of ether oxygens (including phenoxy) is 2. The van der Waals surface area contributed by atoms with Gasteiger partial charge in [0.15, 0.2) is 11.5 Å². The molecule has 0 bridgehead atoms. The molecule has 1 aromatic heterocycles. The van der Waals surface area contributed by atoms with Crippen LogP contribution in [-0.4, -0.2) is 39.0 Å². The van der Waals surface area contributed by atoms with Crippen LogP contribution in [0.3, 0.4) is 0 Å². The third kappa shape index (κ3) is 5.53. The molecule has 0 saturated carbocycles. The Hall–Kier alpha value is -2.48. The molecule has 0 radical (unpaired) electrons. The number of carboxylic acids is 1. The van der Waals surface area contributed by atoms with Crippen molar-refractivity contribution in [2.45, 2.75) is 39.0 Å². The number of aliphatic carboxylic acids is 1. The van der Waals surface area contributed by atoms with Crippen LogP contribution < -0.4 is 9.47 Å². The molecule has 134 valence electrons. The minimum atomic E-state index is -1.05. The van der Waals surface area contributed by atoms with Crippen LogP contribution >= 0.6 is 11.8 Å². The fraction of sp³-hybridized carbons (Fsp3) is 0.353. The number of H-pyrrole nitrogens is 1. The Balaban J connectivity index is 2.31. The number of hydrogen-bond acceptors (Lipinski definition) is 6. The summed E-state index contributed by atoms with van der Waals surface area (Å²) in [5.74, 6) is 0.783. The van der Waals surface area contributed by atoms with Gasteiger partial charge >= 0.3 is 5.97 Å². The highest BCUT2D eigenvalue weighted by molar-refractivity contribution is 8.04. The molecule has 0 fully saturated rings. The second kappa shape index (κ2) is 8.57. The zero-order valence-corrected chi connectivity index (χ0v) is 15.4. The Morgan fingerprint density at radius 2 is 2.16 bits per heavy atom. The monoisotopic (exact) mass is 363 g/mol. The summed E-state index contributed by atoms with van der Waals surface area (Å²) >= 11 is 0.983. The lowest BCUT2D eigenvalue weighted by molar-refractivity contribution is -0.131. The standard InChI is InChI=1S/C17H21N3O4S/c1-5-23-14-8-12(6-7-13(14)24-10(2)3)9-15(16(21)22)25-17-18-11(4)19-20-17/h6-10H,5H2,1-4H3,(H,21,22)(H,18,19,20)/b15-9-. The first kappa shape index (κ1) is 18.9. The maximum atomic E-state index is 11.5. The summed E-state index contributed by atoms with van der Waals surface area (Å²) in [5.41, 5.74) is 0.691. The van der Waals surface area contributed by atoms with Crippen LogP contribution in [0.5, 0.6) is 11.5 Å². The summed E-state index contributed by atoms with van der Waals surface area (Å²) in [6.45, 7) is 7.98. The number of benzene rings is 1. The lowest BCUT2D eigenvalue weighted by atomic mass is 10.2. The predicted molar refractivity (Wildman–Crippen MR) is 96.0 cm³/mol. The van der Waals surface area contributed by atoms with E-state index in [1.807, 2.05) is 20.8 Å². The van der Waals surface area contributed by atoms with Crippen LogP contribution in [0, 0.1) is 6.92 Å². The summed E-state index contributed by atoms with van der Waals surface area (Å²) in [4.78, 5) is 15.8. The van der Waals surface area contributed by atoms with Crippen molar-refractivity contribution in [3.63, 3.8) is 0 Å². The summed E-state index contributed by atoms with van der Waals surface area (Å²) in [7, 11) is 0. The molecule has 0 saturated heterocycles. The van der Waals surface area contributed by atoms with Crippen LogP contribution in [0.2, 0.25) is 0 Å². The molecule has 0 amide bonds. The number of carboxylic acid groups (broad SMARTS) is 1. The SMILES string of the molecule is CCOc1cc(/C=C(\Sc2n[nH]c(C)n2)C(=O)O)ccc1OC(C)C. The van der Waals surface area contributed by atoms with Crippen molar-refractivity contribution in [3.8, 4) is 11.5 Å². The maximum absolute atomic E-state index is 11.5. The highest BCUT2D eigenvalue weighted by atomic mass is 32.2. The first-order valence-electron chi connectivity index (χ1n) is 7.84. The van der Waals surface area contributed by atoms with Crippen LogP contribution in [0.15, 0.2) is 28.3 Å². The summed E-state index contributed by atoms with van der Waals surface area (Å²) in [6, 6.07) is 5.32. The molecule has 1 heterocycles. The maximum Gasteiger partial charge on any atom is 0.342 e. The fourth-order valence-corrected chi connectivity index (χ4v) is 2.74. The molecule has 25 heavy (non-hydrogen) atoms. The Labute approximate surface area is 150 Å². The van der Waals surface area contributed by atoms with E-state index >= 15 is 0 Å². The second-order valence-corrected chi connectivity index (χ2v) is 6.43. The molecule has 0 aliphatic rings. The lowest BCUT2D eigenvalue weighted by Crippen LogP contribution is -2.07. The third-order valence-corrected chi connectivity index (χ3v) is 3.79. The Morgan fingerprint density at radius 3 is 2.72 bits per heavy atom. The molecule has 2 rings (SSSR count). The van der Waals surface area contributed by atoms with Crippen molar-refractivity contribution < 1.29 is 19.4 Å². The Bertz CT molecular complexity index is 771. The number of aryl methyl sites for hydroxylation is 1. The van der Waals surface area contributed by atoms with E-state index in [2.05, 4.69) is 15.2 Å².